The molecular formula is C19H16BrN3O2. The second-order valence-electron chi connectivity index (χ2n) is 5.85. The summed E-state index contributed by atoms with van der Waals surface area (Å²) in [5, 5.41) is 4.33. The number of carbonyl (C=O) groups is 1. The number of nitrogens with zero attached hydrogens (tertiary/aromatic N) is 3. The van der Waals surface area contributed by atoms with Crippen LogP contribution in [0, 0.1) is 0 Å². The molecule has 0 saturated heterocycles. The van der Waals surface area contributed by atoms with Crippen LogP contribution in [0.2, 0.25) is 0 Å². The van der Waals surface area contributed by atoms with E-state index in [1.54, 1.807) is 29.1 Å². The number of halogens is 1. The number of fused-ring (bicyclic) bond motifs is 1. The van der Waals surface area contributed by atoms with E-state index < -0.39 is 0 Å². The molecule has 5 nitrogen and oxygen atoms in total. The van der Waals surface area contributed by atoms with E-state index in [0.29, 0.717) is 12.1 Å². The number of aromatic nitrogens is 2. The Morgan fingerprint density at radius 2 is 2.12 bits per heavy atom. The molecule has 1 aromatic heterocycles. The summed E-state index contributed by atoms with van der Waals surface area (Å²) in [7, 11) is 1.65. The fourth-order valence-electron chi connectivity index (χ4n) is 3.06. The Morgan fingerprint density at radius 1 is 1.24 bits per heavy atom. The van der Waals surface area contributed by atoms with Gasteiger partial charge in [-0.15, -0.1) is 0 Å². The van der Waals surface area contributed by atoms with Crippen LogP contribution in [-0.4, -0.2) is 29.3 Å². The van der Waals surface area contributed by atoms with Crippen molar-refractivity contribution in [3.8, 4) is 11.4 Å². The van der Waals surface area contributed by atoms with E-state index in [1.807, 2.05) is 42.5 Å². The number of carbonyl (C=O) groups excluding carboxylic acids is 1. The predicted octanol–water partition coefficient (Wildman–Crippen LogP) is 3.85. The Balaban J connectivity index is 1.61. The standard InChI is InChI=1S/C19H16BrN3O2/c1-25-17-5-6-18-13(9-17)7-8-22(18)19(24)14-11-21-23(12-14)16-4-2-3-15(20)10-16/h2-6,9-12H,7-8H2,1H3. The number of benzene rings is 2. The van der Waals surface area contributed by atoms with Crippen LogP contribution in [0.25, 0.3) is 5.69 Å². The highest BCUT2D eigenvalue weighted by molar-refractivity contribution is 9.10. The number of rotatable bonds is 3. The van der Waals surface area contributed by atoms with Crippen LogP contribution in [0.5, 0.6) is 5.75 Å². The fraction of sp³-hybridized carbons (Fsp3) is 0.158. The summed E-state index contributed by atoms with van der Waals surface area (Å²) in [4.78, 5) is 14.7. The molecule has 2 aromatic carbocycles. The Bertz CT molecular complexity index is 951. The lowest BCUT2D eigenvalue weighted by Crippen LogP contribution is -2.28. The van der Waals surface area contributed by atoms with Crippen molar-refractivity contribution in [1.29, 1.82) is 0 Å². The Labute approximate surface area is 154 Å². The summed E-state index contributed by atoms with van der Waals surface area (Å²) in [6.45, 7) is 0.670. The number of anilines is 1. The highest BCUT2D eigenvalue weighted by atomic mass is 79.9. The van der Waals surface area contributed by atoms with Gasteiger partial charge < -0.3 is 9.64 Å². The highest BCUT2D eigenvalue weighted by Crippen LogP contribution is 2.32. The average molecular weight is 398 g/mol. The molecule has 25 heavy (non-hydrogen) atoms. The van der Waals surface area contributed by atoms with Crippen LogP contribution < -0.4 is 9.64 Å². The van der Waals surface area contributed by atoms with Crippen LogP contribution in [0.15, 0.2) is 59.3 Å². The van der Waals surface area contributed by atoms with Gasteiger partial charge in [0.05, 0.1) is 24.6 Å². The van der Waals surface area contributed by atoms with Gasteiger partial charge in [-0.3, -0.25) is 4.79 Å². The molecule has 0 unspecified atom stereocenters. The molecule has 0 N–H and O–H groups in total. The lowest BCUT2D eigenvalue weighted by molar-refractivity contribution is 0.0989. The minimum atomic E-state index is -0.0369. The average Bonchev–Trinajstić information content (AvgIpc) is 3.28. The molecule has 126 valence electrons. The lowest BCUT2D eigenvalue weighted by Gasteiger charge is -2.16. The van der Waals surface area contributed by atoms with Crippen LogP contribution in [0.1, 0.15) is 15.9 Å². The van der Waals surface area contributed by atoms with Gasteiger partial charge in [0.15, 0.2) is 0 Å². The first kappa shape index (κ1) is 15.9. The number of ether oxygens (including phenoxy) is 1. The molecule has 0 spiro atoms. The topological polar surface area (TPSA) is 47.4 Å². The van der Waals surface area contributed by atoms with Crippen molar-refractivity contribution < 1.29 is 9.53 Å². The van der Waals surface area contributed by atoms with Gasteiger partial charge in [-0.2, -0.15) is 5.10 Å². The van der Waals surface area contributed by atoms with E-state index in [1.165, 1.54) is 0 Å². The maximum Gasteiger partial charge on any atom is 0.261 e. The molecule has 2 heterocycles. The molecule has 1 aliphatic heterocycles. The van der Waals surface area contributed by atoms with Crippen molar-refractivity contribution in [2.45, 2.75) is 6.42 Å². The van der Waals surface area contributed by atoms with Gasteiger partial charge in [-0.25, -0.2) is 4.68 Å². The second kappa shape index (κ2) is 6.37. The van der Waals surface area contributed by atoms with E-state index >= 15 is 0 Å². The normalized spacial score (nSPS) is 13.0. The van der Waals surface area contributed by atoms with Crippen molar-refractivity contribution in [3.63, 3.8) is 0 Å². The first-order valence-corrected chi connectivity index (χ1v) is 8.74. The van der Waals surface area contributed by atoms with Gasteiger partial charge in [0.2, 0.25) is 0 Å². The first-order chi connectivity index (χ1) is 12.2. The molecule has 1 aliphatic rings. The van der Waals surface area contributed by atoms with E-state index in [-0.39, 0.29) is 5.91 Å². The Morgan fingerprint density at radius 3 is 2.92 bits per heavy atom. The van der Waals surface area contributed by atoms with Gasteiger partial charge >= 0.3 is 0 Å². The largest absolute Gasteiger partial charge is 0.497 e. The third-order valence-corrected chi connectivity index (χ3v) is 4.82. The quantitative estimate of drug-likeness (QED) is 0.674. The number of methoxy groups -OCH3 is 1. The number of hydrogen-bond donors (Lipinski definition) is 0. The van der Waals surface area contributed by atoms with Crippen LogP contribution >= 0.6 is 15.9 Å². The fourth-order valence-corrected chi connectivity index (χ4v) is 3.45. The Hall–Kier alpha value is -2.60. The van der Waals surface area contributed by atoms with E-state index in [4.69, 9.17) is 4.74 Å². The molecular weight excluding hydrogens is 382 g/mol. The van der Waals surface area contributed by atoms with Crippen molar-refractivity contribution in [3.05, 3.63) is 70.5 Å². The van der Waals surface area contributed by atoms with Crippen molar-refractivity contribution in [2.24, 2.45) is 0 Å². The summed E-state index contributed by atoms with van der Waals surface area (Å²) in [5.74, 6) is 0.778. The molecule has 3 aromatic rings. The number of amides is 1. The zero-order valence-corrected chi connectivity index (χ0v) is 15.2. The molecule has 0 aliphatic carbocycles. The van der Waals surface area contributed by atoms with Crippen LogP contribution in [0.3, 0.4) is 0 Å². The lowest BCUT2D eigenvalue weighted by atomic mass is 10.1. The van der Waals surface area contributed by atoms with Gasteiger partial charge in [0.25, 0.3) is 5.91 Å². The third-order valence-electron chi connectivity index (χ3n) is 4.33. The predicted molar refractivity (Wildman–Crippen MR) is 99.6 cm³/mol. The summed E-state index contributed by atoms with van der Waals surface area (Å²) < 4.78 is 7.94. The zero-order valence-electron chi connectivity index (χ0n) is 13.6. The minimum Gasteiger partial charge on any atom is -0.497 e. The van der Waals surface area contributed by atoms with Gasteiger partial charge in [0, 0.05) is 22.9 Å². The molecule has 0 atom stereocenters. The van der Waals surface area contributed by atoms with Gasteiger partial charge in [0.1, 0.15) is 5.75 Å². The summed E-state index contributed by atoms with van der Waals surface area (Å²) in [6, 6.07) is 13.6. The molecule has 1 amide bonds. The summed E-state index contributed by atoms with van der Waals surface area (Å²) >= 11 is 3.45. The number of hydrogen-bond acceptors (Lipinski definition) is 3. The van der Waals surface area contributed by atoms with E-state index in [9.17, 15) is 4.79 Å². The maximum atomic E-state index is 12.9. The van der Waals surface area contributed by atoms with Crippen molar-refractivity contribution in [1.82, 2.24) is 9.78 Å². The molecule has 6 heteroatoms. The molecule has 0 fully saturated rings. The highest BCUT2D eigenvalue weighted by Gasteiger charge is 2.26. The third kappa shape index (κ3) is 2.93. The second-order valence-corrected chi connectivity index (χ2v) is 6.77. The SMILES string of the molecule is COc1ccc2c(c1)CCN2C(=O)c1cnn(-c2cccc(Br)c2)c1. The first-order valence-electron chi connectivity index (χ1n) is 7.95. The Kier molecular flexibility index (Phi) is 4.05. The minimum absolute atomic E-state index is 0.0369. The zero-order chi connectivity index (χ0) is 17.4. The van der Waals surface area contributed by atoms with Crippen LogP contribution in [-0.2, 0) is 6.42 Å². The molecule has 0 radical (unpaired) electrons. The molecule has 0 bridgehead atoms. The summed E-state index contributed by atoms with van der Waals surface area (Å²) in [6.07, 6.45) is 4.22. The molecule has 0 saturated carbocycles. The van der Waals surface area contributed by atoms with Crippen molar-refractivity contribution in [2.75, 3.05) is 18.6 Å². The maximum absolute atomic E-state index is 12.9. The van der Waals surface area contributed by atoms with Crippen molar-refractivity contribution >= 4 is 27.5 Å². The monoisotopic (exact) mass is 397 g/mol. The van der Waals surface area contributed by atoms with Crippen LogP contribution in [0.4, 0.5) is 5.69 Å². The summed E-state index contributed by atoms with van der Waals surface area (Å²) in [5.41, 5.74) is 3.55. The van der Waals surface area contributed by atoms with Gasteiger partial charge in [-0.05, 0) is 48.4 Å². The van der Waals surface area contributed by atoms with E-state index in [2.05, 4.69) is 21.0 Å². The molecule has 4 rings (SSSR count). The smallest absolute Gasteiger partial charge is 0.261 e. The van der Waals surface area contributed by atoms with E-state index in [0.717, 1.165) is 33.6 Å². The van der Waals surface area contributed by atoms with Gasteiger partial charge in [-0.1, -0.05) is 22.0 Å².